The first kappa shape index (κ1) is 8.83. The number of carbonyl (C=O) groups excluding carboxylic acids is 2. The standard InChI is InChI=1S/C7H13N3O2/c8-7(12)9-6-1-3-10(5-11)4-2-6/h5-6H,1-4H2,(H3,8,9,12). The number of piperidine rings is 1. The van der Waals surface area contributed by atoms with Gasteiger partial charge >= 0.3 is 6.03 Å². The number of urea groups is 1. The van der Waals surface area contributed by atoms with E-state index in [4.69, 9.17) is 5.73 Å². The molecule has 0 saturated carbocycles. The van der Waals surface area contributed by atoms with Gasteiger partial charge in [0.1, 0.15) is 0 Å². The molecule has 1 fully saturated rings. The van der Waals surface area contributed by atoms with E-state index in [0.717, 1.165) is 19.3 Å². The summed E-state index contributed by atoms with van der Waals surface area (Å²) in [5, 5.41) is 2.62. The molecule has 0 radical (unpaired) electrons. The number of hydrogen-bond acceptors (Lipinski definition) is 2. The van der Waals surface area contributed by atoms with Crippen LogP contribution in [0.15, 0.2) is 0 Å². The number of carbonyl (C=O) groups is 2. The summed E-state index contributed by atoms with van der Waals surface area (Å²) in [6.45, 7) is 1.41. The highest BCUT2D eigenvalue weighted by Gasteiger charge is 2.18. The number of nitrogens with two attached hydrogens (primary N) is 1. The summed E-state index contributed by atoms with van der Waals surface area (Å²) in [6, 6.07) is -0.349. The highest BCUT2D eigenvalue weighted by molar-refractivity contribution is 5.71. The van der Waals surface area contributed by atoms with E-state index in [-0.39, 0.29) is 6.04 Å². The monoisotopic (exact) mass is 171 g/mol. The minimum Gasteiger partial charge on any atom is -0.352 e. The second-order valence-corrected chi connectivity index (χ2v) is 2.92. The molecule has 1 aliphatic rings. The van der Waals surface area contributed by atoms with Gasteiger partial charge in [-0.1, -0.05) is 0 Å². The summed E-state index contributed by atoms with van der Waals surface area (Å²) in [7, 11) is 0. The van der Waals surface area contributed by atoms with Crippen molar-refractivity contribution in [2.45, 2.75) is 18.9 Å². The molecule has 5 nitrogen and oxygen atoms in total. The van der Waals surface area contributed by atoms with Crippen molar-refractivity contribution in [1.29, 1.82) is 0 Å². The predicted molar refractivity (Wildman–Crippen MR) is 43.4 cm³/mol. The molecule has 12 heavy (non-hydrogen) atoms. The molecule has 5 heteroatoms. The van der Waals surface area contributed by atoms with Crippen LogP contribution in [0.25, 0.3) is 0 Å². The van der Waals surface area contributed by atoms with Gasteiger partial charge in [-0.05, 0) is 12.8 Å². The quantitative estimate of drug-likeness (QED) is 0.538. The Balaban J connectivity index is 2.26. The second-order valence-electron chi connectivity index (χ2n) is 2.92. The second kappa shape index (κ2) is 3.94. The maximum absolute atomic E-state index is 10.4. The fraction of sp³-hybridized carbons (Fsp3) is 0.714. The maximum Gasteiger partial charge on any atom is 0.312 e. The Morgan fingerprint density at radius 1 is 1.50 bits per heavy atom. The van der Waals surface area contributed by atoms with Crippen molar-refractivity contribution in [2.24, 2.45) is 5.73 Å². The normalized spacial score (nSPS) is 18.8. The molecule has 1 rings (SSSR count). The zero-order valence-electron chi connectivity index (χ0n) is 6.82. The lowest BCUT2D eigenvalue weighted by molar-refractivity contribution is -0.119. The van der Waals surface area contributed by atoms with Gasteiger partial charge in [0.05, 0.1) is 0 Å². The Bertz CT molecular complexity index is 175. The van der Waals surface area contributed by atoms with Gasteiger partial charge in [0, 0.05) is 19.1 Å². The zero-order chi connectivity index (χ0) is 8.97. The van der Waals surface area contributed by atoms with Crippen LogP contribution in [0, 0.1) is 0 Å². The lowest BCUT2D eigenvalue weighted by Gasteiger charge is -2.29. The van der Waals surface area contributed by atoms with Crippen molar-refractivity contribution in [3.8, 4) is 0 Å². The fourth-order valence-corrected chi connectivity index (χ4v) is 1.35. The Kier molecular flexibility index (Phi) is 2.90. The highest BCUT2D eigenvalue weighted by Crippen LogP contribution is 2.07. The molecular formula is C7H13N3O2. The van der Waals surface area contributed by atoms with Gasteiger partial charge in [-0.15, -0.1) is 0 Å². The molecule has 68 valence electrons. The summed E-state index contributed by atoms with van der Waals surface area (Å²) in [5.74, 6) is 0. The van der Waals surface area contributed by atoms with Crippen LogP contribution in [-0.4, -0.2) is 36.5 Å². The first-order valence-corrected chi connectivity index (χ1v) is 3.97. The summed E-state index contributed by atoms with van der Waals surface area (Å²) < 4.78 is 0. The van der Waals surface area contributed by atoms with Gasteiger partial charge in [0.2, 0.25) is 6.41 Å². The number of nitrogens with zero attached hydrogens (tertiary/aromatic N) is 1. The smallest absolute Gasteiger partial charge is 0.312 e. The number of nitrogens with one attached hydrogen (secondary N) is 1. The molecule has 3 amide bonds. The van der Waals surface area contributed by atoms with Gasteiger partial charge in [-0.3, -0.25) is 4.79 Å². The van der Waals surface area contributed by atoms with Gasteiger partial charge < -0.3 is 16.0 Å². The van der Waals surface area contributed by atoms with Crippen molar-refractivity contribution < 1.29 is 9.59 Å². The lowest BCUT2D eigenvalue weighted by atomic mass is 10.1. The van der Waals surface area contributed by atoms with Crippen LogP contribution in [0.2, 0.25) is 0 Å². The molecule has 1 heterocycles. The third-order valence-electron chi connectivity index (χ3n) is 2.03. The predicted octanol–water partition coefficient (Wildman–Crippen LogP) is -0.724. The van der Waals surface area contributed by atoms with Gasteiger partial charge in [-0.2, -0.15) is 0 Å². The lowest BCUT2D eigenvalue weighted by Crippen LogP contribution is -2.45. The first-order chi connectivity index (χ1) is 5.72. The molecule has 0 aromatic rings. The van der Waals surface area contributed by atoms with Crippen LogP contribution >= 0.6 is 0 Å². The molecule has 0 atom stereocenters. The fourth-order valence-electron chi connectivity index (χ4n) is 1.35. The topological polar surface area (TPSA) is 75.4 Å². The average Bonchev–Trinajstić information content (AvgIpc) is 2.05. The highest BCUT2D eigenvalue weighted by atomic mass is 16.2. The van der Waals surface area contributed by atoms with Gasteiger partial charge in [0.25, 0.3) is 0 Å². The van der Waals surface area contributed by atoms with Crippen LogP contribution in [0.3, 0.4) is 0 Å². The first-order valence-electron chi connectivity index (χ1n) is 3.97. The molecule has 0 aromatic heterocycles. The van der Waals surface area contributed by atoms with Crippen molar-refractivity contribution in [2.75, 3.05) is 13.1 Å². The molecule has 0 aromatic carbocycles. The van der Waals surface area contributed by atoms with E-state index in [0.29, 0.717) is 13.1 Å². The molecule has 0 aliphatic carbocycles. The van der Waals surface area contributed by atoms with Crippen LogP contribution in [-0.2, 0) is 4.79 Å². The SMILES string of the molecule is NC(=O)NC1CCN(C=O)CC1. The Labute approximate surface area is 70.9 Å². The van der Waals surface area contributed by atoms with E-state index in [1.807, 2.05) is 0 Å². The van der Waals surface area contributed by atoms with Crippen molar-refractivity contribution in [3.63, 3.8) is 0 Å². The zero-order valence-corrected chi connectivity index (χ0v) is 6.82. The molecule has 1 aliphatic heterocycles. The largest absolute Gasteiger partial charge is 0.352 e. The van der Waals surface area contributed by atoms with E-state index >= 15 is 0 Å². The van der Waals surface area contributed by atoms with Crippen molar-refractivity contribution >= 4 is 12.4 Å². The maximum atomic E-state index is 10.4. The van der Waals surface area contributed by atoms with E-state index < -0.39 is 6.03 Å². The van der Waals surface area contributed by atoms with Crippen LogP contribution in [0.1, 0.15) is 12.8 Å². The van der Waals surface area contributed by atoms with Gasteiger partial charge in [-0.25, -0.2) is 4.79 Å². The van der Waals surface area contributed by atoms with E-state index in [1.54, 1.807) is 4.90 Å². The Morgan fingerprint density at radius 2 is 2.08 bits per heavy atom. The van der Waals surface area contributed by atoms with Crippen LogP contribution < -0.4 is 11.1 Å². The summed E-state index contributed by atoms with van der Waals surface area (Å²) >= 11 is 0. The van der Waals surface area contributed by atoms with Gasteiger partial charge in [0.15, 0.2) is 0 Å². The summed E-state index contributed by atoms with van der Waals surface area (Å²) in [6.07, 6.45) is 2.42. The summed E-state index contributed by atoms with van der Waals surface area (Å²) in [5.41, 5.74) is 4.96. The average molecular weight is 171 g/mol. The molecule has 0 bridgehead atoms. The molecule has 0 unspecified atom stereocenters. The van der Waals surface area contributed by atoms with Crippen LogP contribution in [0.4, 0.5) is 4.79 Å². The van der Waals surface area contributed by atoms with E-state index in [2.05, 4.69) is 5.32 Å². The number of rotatable bonds is 2. The minimum absolute atomic E-state index is 0.138. The molecule has 3 N–H and O–H groups in total. The minimum atomic E-state index is -0.487. The Morgan fingerprint density at radius 3 is 2.50 bits per heavy atom. The summed E-state index contributed by atoms with van der Waals surface area (Å²) in [4.78, 5) is 22.4. The molecular weight excluding hydrogens is 158 g/mol. The molecule has 1 saturated heterocycles. The number of primary amides is 1. The van der Waals surface area contributed by atoms with E-state index in [1.165, 1.54) is 0 Å². The van der Waals surface area contributed by atoms with Crippen LogP contribution in [0.5, 0.6) is 0 Å². The Hall–Kier alpha value is -1.26. The van der Waals surface area contributed by atoms with Crippen molar-refractivity contribution in [1.82, 2.24) is 10.2 Å². The number of likely N-dealkylation sites (tertiary alicyclic amines) is 1. The molecule has 0 spiro atoms. The third kappa shape index (κ3) is 2.41. The number of hydrogen-bond donors (Lipinski definition) is 2. The van der Waals surface area contributed by atoms with Crippen molar-refractivity contribution in [3.05, 3.63) is 0 Å². The number of amides is 3. The third-order valence-corrected chi connectivity index (χ3v) is 2.03. The van der Waals surface area contributed by atoms with E-state index in [9.17, 15) is 9.59 Å².